The second-order valence-corrected chi connectivity index (χ2v) is 6.19. The van der Waals surface area contributed by atoms with Crippen molar-refractivity contribution in [3.63, 3.8) is 0 Å². The molecule has 0 saturated heterocycles. The van der Waals surface area contributed by atoms with Gasteiger partial charge < -0.3 is 15.1 Å². The standard InChI is InChI=1S/C15H22N4OS/c1-5-16-15(18-9-14-17-8-11(3)21-14)19-12(4)13-7-6-10(2)20-13/h6-8,12H,5,9H2,1-4H3,(H2,16,18,19). The molecule has 1 unspecified atom stereocenters. The Kier molecular flexibility index (Phi) is 5.38. The number of hydrogen-bond donors (Lipinski definition) is 2. The Balaban J connectivity index is 2.00. The van der Waals surface area contributed by atoms with Crippen LogP contribution in [0.5, 0.6) is 0 Å². The fourth-order valence-electron chi connectivity index (χ4n) is 1.90. The van der Waals surface area contributed by atoms with E-state index in [1.807, 2.05) is 32.2 Å². The Morgan fingerprint density at radius 1 is 1.43 bits per heavy atom. The molecule has 0 radical (unpaired) electrons. The lowest BCUT2D eigenvalue weighted by Gasteiger charge is -2.15. The molecule has 2 aromatic heterocycles. The van der Waals surface area contributed by atoms with Crippen molar-refractivity contribution in [2.75, 3.05) is 6.54 Å². The fraction of sp³-hybridized carbons (Fsp3) is 0.467. The number of rotatable bonds is 5. The van der Waals surface area contributed by atoms with Gasteiger partial charge >= 0.3 is 0 Å². The minimum Gasteiger partial charge on any atom is -0.464 e. The normalized spacial score (nSPS) is 13.2. The smallest absolute Gasteiger partial charge is 0.192 e. The van der Waals surface area contributed by atoms with Crippen molar-refractivity contribution >= 4 is 17.3 Å². The molecule has 5 nitrogen and oxygen atoms in total. The van der Waals surface area contributed by atoms with Gasteiger partial charge in [0.25, 0.3) is 0 Å². The van der Waals surface area contributed by atoms with Crippen LogP contribution in [-0.2, 0) is 6.54 Å². The number of aromatic nitrogens is 1. The number of thiazole rings is 1. The summed E-state index contributed by atoms with van der Waals surface area (Å²) in [7, 11) is 0. The third kappa shape index (κ3) is 4.60. The number of aliphatic imine (C=N–C) groups is 1. The van der Waals surface area contributed by atoms with Crippen molar-refractivity contribution in [1.82, 2.24) is 15.6 Å². The van der Waals surface area contributed by atoms with Crippen LogP contribution in [-0.4, -0.2) is 17.5 Å². The number of hydrogen-bond acceptors (Lipinski definition) is 4. The molecule has 0 aliphatic heterocycles. The maximum atomic E-state index is 5.63. The molecular weight excluding hydrogens is 284 g/mol. The van der Waals surface area contributed by atoms with Crippen LogP contribution in [0.2, 0.25) is 0 Å². The molecule has 21 heavy (non-hydrogen) atoms. The number of guanidine groups is 1. The molecule has 2 rings (SSSR count). The van der Waals surface area contributed by atoms with E-state index >= 15 is 0 Å². The number of nitrogens with zero attached hydrogens (tertiary/aromatic N) is 2. The summed E-state index contributed by atoms with van der Waals surface area (Å²) in [6, 6.07) is 4.02. The van der Waals surface area contributed by atoms with Crippen LogP contribution < -0.4 is 10.6 Å². The van der Waals surface area contributed by atoms with Crippen molar-refractivity contribution in [3.05, 3.63) is 39.7 Å². The van der Waals surface area contributed by atoms with Gasteiger partial charge in [0, 0.05) is 17.6 Å². The van der Waals surface area contributed by atoms with Crippen LogP contribution in [0.1, 0.15) is 41.3 Å². The van der Waals surface area contributed by atoms with Gasteiger partial charge in [0.05, 0.1) is 12.6 Å². The lowest BCUT2D eigenvalue weighted by atomic mass is 10.2. The van der Waals surface area contributed by atoms with Gasteiger partial charge in [0.15, 0.2) is 5.96 Å². The minimum absolute atomic E-state index is 0.0644. The summed E-state index contributed by atoms with van der Waals surface area (Å²) < 4.78 is 5.63. The summed E-state index contributed by atoms with van der Waals surface area (Å²) in [5.41, 5.74) is 0. The Bertz CT molecular complexity index is 602. The molecule has 2 heterocycles. The third-order valence-electron chi connectivity index (χ3n) is 2.93. The van der Waals surface area contributed by atoms with Gasteiger partial charge in [-0.1, -0.05) is 0 Å². The molecule has 0 fully saturated rings. The molecule has 0 aliphatic carbocycles. The Labute approximate surface area is 129 Å². The van der Waals surface area contributed by atoms with Crippen LogP contribution in [0.25, 0.3) is 0 Å². The highest BCUT2D eigenvalue weighted by Gasteiger charge is 2.11. The van der Waals surface area contributed by atoms with Crippen molar-refractivity contribution in [3.8, 4) is 0 Å². The van der Waals surface area contributed by atoms with Gasteiger partial charge in [0.2, 0.25) is 0 Å². The van der Waals surface area contributed by atoms with Gasteiger partial charge in [-0.25, -0.2) is 9.98 Å². The van der Waals surface area contributed by atoms with E-state index < -0.39 is 0 Å². The number of aryl methyl sites for hydroxylation is 2. The molecule has 0 bridgehead atoms. The lowest BCUT2D eigenvalue weighted by Crippen LogP contribution is -2.38. The minimum atomic E-state index is 0.0644. The van der Waals surface area contributed by atoms with Crippen molar-refractivity contribution in [2.24, 2.45) is 4.99 Å². The fourth-order valence-corrected chi connectivity index (χ4v) is 2.62. The van der Waals surface area contributed by atoms with E-state index in [1.54, 1.807) is 11.3 Å². The molecule has 0 aliphatic rings. The summed E-state index contributed by atoms with van der Waals surface area (Å²) in [6.45, 7) is 9.49. The average Bonchev–Trinajstić information content (AvgIpc) is 3.05. The van der Waals surface area contributed by atoms with Crippen LogP contribution in [0.4, 0.5) is 0 Å². The first-order chi connectivity index (χ1) is 10.1. The van der Waals surface area contributed by atoms with Crippen LogP contribution >= 0.6 is 11.3 Å². The molecule has 6 heteroatoms. The SMILES string of the molecule is CCNC(=NCc1ncc(C)s1)NC(C)c1ccc(C)o1. The maximum absolute atomic E-state index is 5.63. The predicted molar refractivity (Wildman–Crippen MR) is 86.7 cm³/mol. The molecule has 1 atom stereocenters. The number of nitrogens with one attached hydrogen (secondary N) is 2. The predicted octanol–water partition coefficient (Wildman–Crippen LogP) is 3.17. The molecular formula is C15H22N4OS. The summed E-state index contributed by atoms with van der Waals surface area (Å²) in [5.74, 6) is 2.59. The monoisotopic (exact) mass is 306 g/mol. The molecule has 2 N–H and O–H groups in total. The molecule has 2 aromatic rings. The van der Waals surface area contributed by atoms with E-state index in [-0.39, 0.29) is 6.04 Å². The van der Waals surface area contributed by atoms with E-state index in [4.69, 9.17) is 4.42 Å². The Morgan fingerprint density at radius 2 is 2.24 bits per heavy atom. The van der Waals surface area contributed by atoms with E-state index in [2.05, 4.69) is 34.5 Å². The van der Waals surface area contributed by atoms with E-state index in [0.29, 0.717) is 6.54 Å². The van der Waals surface area contributed by atoms with Crippen LogP contribution in [0, 0.1) is 13.8 Å². The molecule has 114 valence electrons. The molecule has 0 aromatic carbocycles. The molecule has 0 spiro atoms. The molecule has 0 amide bonds. The van der Waals surface area contributed by atoms with Crippen molar-refractivity contribution < 1.29 is 4.42 Å². The topological polar surface area (TPSA) is 62.5 Å². The summed E-state index contributed by atoms with van der Waals surface area (Å²) in [5, 5.41) is 7.61. The van der Waals surface area contributed by atoms with E-state index in [0.717, 1.165) is 29.0 Å². The highest BCUT2D eigenvalue weighted by atomic mass is 32.1. The van der Waals surface area contributed by atoms with Gasteiger partial charge in [0.1, 0.15) is 16.5 Å². The Morgan fingerprint density at radius 3 is 2.81 bits per heavy atom. The first kappa shape index (κ1) is 15.6. The summed E-state index contributed by atoms with van der Waals surface area (Å²) >= 11 is 1.67. The van der Waals surface area contributed by atoms with Gasteiger partial charge in [-0.05, 0) is 39.8 Å². The largest absolute Gasteiger partial charge is 0.464 e. The third-order valence-corrected chi connectivity index (χ3v) is 3.82. The highest BCUT2D eigenvalue weighted by Crippen LogP contribution is 2.15. The first-order valence-corrected chi connectivity index (χ1v) is 7.92. The average molecular weight is 306 g/mol. The summed E-state index contributed by atoms with van der Waals surface area (Å²) in [4.78, 5) is 10.1. The zero-order valence-corrected chi connectivity index (χ0v) is 13.8. The zero-order chi connectivity index (χ0) is 15.2. The zero-order valence-electron chi connectivity index (χ0n) is 12.9. The van der Waals surface area contributed by atoms with E-state index in [1.165, 1.54) is 4.88 Å². The van der Waals surface area contributed by atoms with Crippen LogP contribution in [0.3, 0.4) is 0 Å². The highest BCUT2D eigenvalue weighted by molar-refractivity contribution is 7.11. The Hall–Kier alpha value is -1.82. The lowest BCUT2D eigenvalue weighted by molar-refractivity contribution is 0.441. The quantitative estimate of drug-likeness (QED) is 0.658. The second-order valence-electron chi connectivity index (χ2n) is 4.87. The van der Waals surface area contributed by atoms with Crippen molar-refractivity contribution in [1.29, 1.82) is 0 Å². The first-order valence-electron chi connectivity index (χ1n) is 7.11. The van der Waals surface area contributed by atoms with Crippen molar-refractivity contribution in [2.45, 2.75) is 40.3 Å². The summed E-state index contributed by atoms with van der Waals surface area (Å²) in [6.07, 6.45) is 1.88. The van der Waals surface area contributed by atoms with Gasteiger partial charge in [-0.3, -0.25) is 0 Å². The maximum Gasteiger partial charge on any atom is 0.192 e. The van der Waals surface area contributed by atoms with E-state index in [9.17, 15) is 0 Å². The second kappa shape index (κ2) is 7.26. The number of furan rings is 1. The van der Waals surface area contributed by atoms with Crippen LogP contribution in [0.15, 0.2) is 27.7 Å². The molecule has 0 saturated carbocycles. The van der Waals surface area contributed by atoms with Gasteiger partial charge in [-0.15, -0.1) is 11.3 Å². The van der Waals surface area contributed by atoms with Gasteiger partial charge in [-0.2, -0.15) is 0 Å².